The largest absolute Gasteiger partial charge is 0.394 e. The summed E-state index contributed by atoms with van der Waals surface area (Å²) in [4.78, 5) is 11.7. The second-order valence-corrected chi connectivity index (χ2v) is 9.16. The van der Waals surface area contributed by atoms with Crippen LogP contribution in [-0.4, -0.2) is 50.8 Å². The highest BCUT2D eigenvalue weighted by molar-refractivity contribution is 7.89. The van der Waals surface area contributed by atoms with Crippen LogP contribution in [0.3, 0.4) is 0 Å². The Morgan fingerprint density at radius 1 is 1.25 bits per heavy atom. The minimum Gasteiger partial charge on any atom is -0.394 e. The molecule has 1 saturated carbocycles. The molecule has 9 heteroatoms. The Kier molecular flexibility index (Phi) is 7.03. The first-order chi connectivity index (χ1) is 13.4. The number of sulfonamides is 1. The van der Waals surface area contributed by atoms with Crippen LogP contribution in [0.4, 0.5) is 4.39 Å². The molecule has 3 atom stereocenters. The number of carbonyl (C=O) groups excluding carboxylic acids is 1. The minimum atomic E-state index is -3.92. The molecule has 0 aromatic heterocycles. The highest BCUT2D eigenvalue weighted by Gasteiger charge is 2.34. The zero-order valence-corrected chi connectivity index (χ0v) is 16.5. The molecule has 3 N–H and O–H groups in total. The van der Waals surface area contributed by atoms with E-state index in [2.05, 4.69) is 10.0 Å². The van der Waals surface area contributed by atoms with Crippen molar-refractivity contribution in [3.8, 4) is 0 Å². The van der Waals surface area contributed by atoms with Gasteiger partial charge in [-0.3, -0.25) is 4.79 Å². The fraction of sp³-hybridized carbons (Fsp3) is 0.632. The molecule has 2 aliphatic rings. The molecule has 1 aromatic carbocycles. The van der Waals surface area contributed by atoms with Crippen molar-refractivity contribution < 1.29 is 27.4 Å². The topological polar surface area (TPSA) is 105 Å². The molecule has 0 radical (unpaired) electrons. The lowest BCUT2D eigenvalue weighted by molar-refractivity contribution is -0.127. The van der Waals surface area contributed by atoms with E-state index >= 15 is 0 Å². The normalized spacial score (nSPS) is 25.9. The maximum atomic E-state index is 13.3. The van der Waals surface area contributed by atoms with Gasteiger partial charge in [0.2, 0.25) is 15.9 Å². The molecule has 1 heterocycles. The Morgan fingerprint density at radius 3 is 2.68 bits per heavy atom. The second-order valence-electron chi connectivity index (χ2n) is 7.45. The Morgan fingerprint density at radius 2 is 2.04 bits per heavy atom. The number of carbonyl (C=O) groups is 1. The summed E-state index contributed by atoms with van der Waals surface area (Å²) < 4.78 is 46.6. The van der Waals surface area contributed by atoms with Crippen molar-refractivity contribution >= 4 is 15.9 Å². The van der Waals surface area contributed by atoms with E-state index in [1.54, 1.807) is 0 Å². The van der Waals surface area contributed by atoms with Crippen LogP contribution in [-0.2, 0) is 19.6 Å². The fourth-order valence-electron chi connectivity index (χ4n) is 3.55. The molecule has 28 heavy (non-hydrogen) atoms. The maximum absolute atomic E-state index is 13.3. The van der Waals surface area contributed by atoms with E-state index in [1.807, 2.05) is 0 Å². The zero-order valence-electron chi connectivity index (χ0n) is 15.6. The molecule has 1 saturated heterocycles. The molecule has 2 fully saturated rings. The third-order valence-electron chi connectivity index (χ3n) is 5.45. The van der Waals surface area contributed by atoms with E-state index in [0.29, 0.717) is 25.8 Å². The van der Waals surface area contributed by atoms with E-state index in [0.717, 1.165) is 25.3 Å². The number of ether oxygens (including phenoxy) is 1. The fourth-order valence-corrected chi connectivity index (χ4v) is 4.88. The van der Waals surface area contributed by atoms with Crippen molar-refractivity contribution in [3.05, 3.63) is 30.1 Å². The van der Waals surface area contributed by atoms with Crippen LogP contribution in [0.25, 0.3) is 0 Å². The Labute approximate surface area is 164 Å². The van der Waals surface area contributed by atoms with Crippen LogP contribution in [0.1, 0.15) is 38.5 Å². The monoisotopic (exact) mass is 414 g/mol. The summed E-state index contributed by atoms with van der Waals surface area (Å²) in [6, 6.07) is 4.18. The number of hydrogen-bond acceptors (Lipinski definition) is 5. The Balaban J connectivity index is 1.50. The Bertz CT molecular complexity index is 784. The van der Waals surface area contributed by atoms with Gasteiger partial charge in [0.25, 0.3) is 0 Å². The van der Waals surface area contributed by atoms with E-state index in [9.17, 15) is 22.7 Å². The third kappa shape index (κ3) is 5.28. The van der Waals surface area contributed by atoms with Gasteiger partial charge in [0.1, 0.15) is 5.82 Å². The first-order valence-corrected chi connectivity index (χ1v) is 11.2. The molecule has 1 aliphatic heterocycles. The lowest BCUT2D eigenvalue weighted by atomic mass is 9.85. The highest BCUT2D eigenvalue weighted by Crippen LogP contribution is 2.26. The van der Waals surface area contributed by atoms with Gasteiger partial charge in [0.15, 0.2) is 0 Å². The van der Waals surface area contributed by atoms with E-state index < -0.39 is 28.0 Å². The molecule has 0 spiro atoms. The van der Waals surface area contributed by atoms with Crippen molar-refractivity contribution in [1.29, 1.82) is 0 Å². The summed E-state index contributed by atoms with van der Waals surface area (Å²) in [7, 11) is -3.92. The van der Waals surface area contributed by atoms with E-state index in [1.165, 1.54) is 18.2 Å². The molecule has 0 bridgehead atoms. The minimum absolute atomic E-state index is 0.0847. The molecule has 156 valence electrons. The summed E-state index contributed by atoms with van der Waals surface area (Å²) in [5, 5.41) is 12.5. The smallest absolute Gasteiger partial charge is 0.241 e. The number of hydrogen-bond donors (Lipinski definition) is 3. The molecule has 1 amide bonds. The van der Waals surface area contributed by atoms with Crippen LogP contribution in [0, 0.1) is 11.7 Å². The van der Waals surface area contributed by atoms with Gasteiger partial charge in [-0.2, -0.15) is 0 Å². The molecule has 3 rings (SSSR count). The van der Waals surface area contributed by atoms with E-state index in [4.69, 9.17) is 4.74 Å². The number of nitrogens with one attached hydrogen (secondary N) is 2. The number of aliphatic hydroxyl groups excluding tert-OH is 1. The van der Waals surface area contributed by atoms with Gasteiger partial charge < -0.3 is 15.2 Å². The highest BCUT2D eigenvalue weighted by atomic mass is 32.2. The first-order valence-electron chi connectivity index (χ1n) is 9.71. The van der Waals surface area contributed by atoms with Gasteiger partial charge in [0.05, 0.1) is 29.8 Å². The molecule has 1 aromatic rings. The SMILES string of the molecule is O=C(NCC[C@H]1CC[C@@H](NS(=O)(=O)c2cccc(F)c2)[C@H](CO)O1)C1CCC1. The van der Waals surface area contributed by atoms with Crippen LogP contribution in [0.2, 0.25) is 0 Å². The second kappa shape index (κ2) is 9.30. The average Bonchev–Trinajstić information content (AvgIpc) is 2.61. The first kappa shape index (κ1) is 21.2. The Hall–Kier alpha value is -1.55. The molecular formula is C19H27FN2O5S. The van der Waals surface area contributed by atoms with Crippen LogP contribution in [0.5, 0.6) is 0 Å². The van der Waals surface area contributed by atoms with Gasteiger partial charge in [-0.15, -0.1) is 0 Å². The maximum Gasteiger partial charge on any atom is 0.241 e. The summed E-state index contributed by atoms with van der Waals surface area (Å²) in [6.07, 6.45) is 3.86. The standard InChI is InChI=1S/C19H27FN2O5S/c20-14-5-2-6-16(11-14)28(25,26)22-17-8-7-15(27-18(17)12-23)9-10-21-19(24)13-3-1-4-13/h2,5-6,11,13,15,17-18,22-23H,1,3-4,7-10,12H2,(H,21,24)/t15-,17-,18+/m1/s1. The summed E-state index contributed by atoms with van der Waals surface area (Å²) in [5.41, 5.74) is 0. The van der Waals surface area contributed by atoms with Crippen molar-refractivity contribution in [2.45, 2.75) is 61.7 Å². The van der Waals surface area contributed by atoms with Crippen molar-refractivity contribution in [2.24, 2.45) is 5.92 Å². The number of halogens is 1. The average molecular weight is 414 g/mol. The van der Waals surface area contributed by atoms with Crippen LogP contribution >= 0.6 is 0 Å². The van der Waals surface area contributed by atoms with Crippen molar-refractivity contribution in [3.63, 3.8) is 0 Å². The van der Waals surface area contributed by atoms with E-state index in [-0.39, 0.29) is 29.4 Å². The number of aliphatic hydroxyl groups is 1. The quantitative estimate of drug-likeness (QED) is 0.595. The lowest BCUT2D eigenvalue weighted by Crippen LogP contribution is -2.51. The summed E-state index contributed by atoms with van der Waals surface area (Å²) in [6.45, 7) is 0.166. The summed E-state index contributed by atoms with van der Waals surface area (Å²) in [5.74, 6) is -0.411. The van der Waals surface area contributed by atoms with Crippen molar-refractivity contribution in [1.82, 2.24) is 10.0 Å². The predicted octanol–water partition coefficient (Wildman–Crippen LogP) is 1.32. The van der Waals surface area contributed by atoms with Crippen LogP contribution in [0.15, 0.2) is 29.2 Å². The molecule has 0 unspecified atom stereocenters. The molecule has 7 nitrogen and oxygen atoms in total. The predicted molar refractivity (Wildman–Crippen MR) is 100 cm³/mol. The van der Waals surface area contributed by atoms with Gasteiger partial charge in [-0.1, -0.05) is 12.5 Å². The van der Waals surface area contributed by atoms with Gasteiger partial charge in [-0.25, -0.2) is 17.5 Å². The van der Waals surface area contributed by atoms with Gasteiger partial charge in [0, 0.05) is 12.5 Å². The molecule has 1 aliphatic carbocycles. The lowest BCUT2D eigenvalue weighted by Gasteiger charge is -2.36. The number of rotatable bonds is 8. The van der Waals surface area contributed by atoms with Gasteiger partial charge >= 0.3 is 0 Å². The summed E-state index contributed by atoms with van der Waals surface area (Å²) >= 11 is 0. The molecular weight excluding hydrogens is 387 g/mol. The van der Waals surface area contributed by atoms with Crippen LogP contribution < -0.4 is 10.0 Å². The number of benzene rings is 1. The van der Waals surface area contributed by atoms with Gasteiger partial charge in [-0.05, 0) is 50.3 Å². The zero-order chi connectivity index (χ0) is 20.1. The van der Waals surface area contributed by atoms with Crippen molar-refractivity contribution in [2.75, 3.05) is 13.2 Å². The number of amides is 1. The third-order valence-corrected chi connectivity index (χ3v) is 6.94.